The molecule has 0 radical (unpaired) electrons. The predicted molar refractivity (Wildman–Crippen MR) is 75.6 cm³/mol. The summed E-state index contributed by atoms with van der Waals surface area (Å²) in [6, 6.07) is 1.87. The summed E-state index contributed by atoms with van der Waals surface area (Å²) in [5.41, 5.74) is 0.853. The van der Waals surface area contributed by atoms with Gasteiger partial charge in [-0.1, -0.05) is 6.92 Å². The van der Waals surface area contributed by atoms with E-state index in [1.807, 2.05) is 16.8 Å². The normalized spacial score (nSPS) is 12.1. The number of nitrogens with zero attached hydrogens (tertiary/aromatic N) is 5. The highest BCUT2D eigenvalue weighted by molar-refractivity contribution is 7.08. The van der Waals surface area contributed by atoms with Crippen molar-refractivity contribution in [1.29, 1.82) is 0 Å². The molecule has 0 aromatic carbocycles. The van der Waals surface area contributed by atoms with Crippen LogP contribution in [0.1, 0.15) is 6.92 Å². The van der Waals surface area contributed by atoms with Crippen LogP contribution in [0.15, 0.2) is 16.8 Å². The first-order chi connectivity index (χ1) is 9.97. The van der Waals surface area contributed by atoms with Gasteiger partial charge in [-0.15, -0.1) is 10.2 Å². The van der Waals surface area contributed by atoms with Crippen LogP contribution in [-0.4, -0.2) is 55.7 Å². The van der Waals surface area contributed by atoms with E-state index in [4.69, 9.17) is 5.11 Å². The molecule has 0 bridgehead atoms. The zero-order valence-electron chi connectivity index (χ0n) is 11.6. The van der Waals surface area contributed by atoms with Crippen molar-refractivity contribution < 1.29 is 14.7 Å². The number of aromatic nitrogens is 4. The molecule has 2 aromatic rings. The van der Waals surface area contributed by atoms with Crippen LogP contribution >= 0.6 is 11.3 Å². The fourth-order valence-electron chi connectivity index (χ4n) is 1.65. The second-order valence-corrected chi connectivity index (χ2v) is 5.45. The number of hydrogen-bond acceptors (Lipinski definition) is 6. The Hall–Kier alpha value is -2.29. The number of hydrogen-bond donors (Lipinski definition) is 1. The molecule has 9 heteroatoms. The number of carbonyl (C=O) groups excluding carboxylic acids is 1. The number of carboxylic acids is 1. The van der Waals surface area contributed by atoms with Crippen LogP contribution in [-0.2, 0) is 16.1 Å². The molecular formula is C12H15N5O3S. The van der Waals surface area contributed by atoms with Gasteiger partial charge in [0.05, 0.1) is 5.92 Å². The molecule has 1 atom stereocenters. The van der Waals surface area contributed by atoms with Crippen molar-refractivity contribution in [3.8, 4) is 11.4 Å². The van der Waals surface area contributed by atoms with Gasteiger partial charge < -0.3 is 10.0 Å². The summed E-state index contributed by atoms with van der Waals surface area (Å²) in [5, 5.41) is 24.5. The van der Waals surface area contributed by atoms with E-state index in [-0.39, 0.29) is 19.0 Å². The van der Waals surface area contributed by atoms with Crippen molar-refractivity contribution in [2.24, 2.45) is 5.92 Å². The molecule has 2 heterocycles. The molecular weight excluding hydrogens is 294 g/mol. The molecule has 0 aliphatic heterocycles. The summed E-state index contributed by atoms with van der Waals surface area (Å²) in [6.45, 7) is 1.62. The number of tetrazole rings is 1. The summed E-state index contributed by atoms with van der Waals surface area (Å²) in [4.78, 5) is 25.3. The Kier molecular flexibility index (Phi) is 4.63. The largest absolute Gasteiger partial charge is 0.481 e. The van der Waals surface area contributed by atoms with E-state index >= 15 is 0 Å². The number of amides is 1. The van der Waals surface area contributed by atoms with Crippen molar-refractivity contribution in [3.63, 3.8) is 0 Å². The molecule has 1 amide bonds. The first-order valence-corrected chi connectivity index (χ1v) is 7.19. The van der Waals surface area contributed by atoms with Crippen LogP contribution in [0, 0.1) is 5.92 Å². The van der Waals surface area contributed by atoms with Crippen LogP contribution < -0.4 is 0 Å². The minimum absolute atomic E-state index is 0.0695. The molecule has 2 aromatic heterocycles. The highest BCUT2D eigenvalue weighted by atomic mass is 32.1. The first kappa shape index (κ1) is 15.1. The molecule has 2 rings (SSSR count). The van der Waals surface area contributed by atoms with Crippen molar-refractivity contribution >= 4 is 23.2 Å². The highest BCUT2D eigenvalue weighted by Crippen LogP contribution is 2.16. The van der Waals surface area contributed by atoms with Crippen molar-refractivity contribution in [2.45, 2.75) is 13.5 Å². The van der Waals surface area contributed by atoms with E-state index < -0.39 is 11.9 Å². The van der Waals surface area contributed by atoms with E-state index in [1.54, 1.807) is 14.0 Å². The highest BCUT2D eigenvalue weighted by Gasteiger charge is 2.18. The quantitative estimate of drug-likeness (QED) is 0.837. The van der Waals surface area contributed by atoms with Gasteiger partial charge in [-0.2, -0.15) is 16.1 Å². The molecule has 1 N–H and O–H groups in total. The standard InChI is InChI=1S/C12H15N5O3S/c1-8(12(19)20)5-16(2)10(18)6-17-14-11(13-15-17)9-3-4-21-7-9/h3-4,7-8H,5-6H2,1-2H3,(H,19,20). The topological polar surface area (TPSA) is 101 Å². The zero-order chi connectivity index (χ0) is 15.4. The maximum absolute atomic E-state index is 12.0. The molecule has 112 valence electrons. The Morgan fingerprint density at radius 3 is 2.90 bits per heavy atom. The summed E-state index contributed by atoms with van der Waals surface area (Å²) in [6.07, 6.45) is 0. The Morgan fingerprint density at radius 1 is 1.52 bits per heavy atom. The van der Waals surface area contributed by atoms with Gasteiger partial charge in [-0.05, 0) is 16.7 Å². The summed E-state index contributed by atoms with van der Waals surface area (Å²) >= 11 is 1.52. The first-order valence-electron chi connectivity index (χ1n) is 6.24. The summed E-state index contributed by atoms with van der Waals surface area (Å²) < 4.78 is 0. The number of likely N-dealkylation sites (N-methyl/N-ethyl adjacent to an activating group) is 1. The van der Waals surface area contributed by atoms with Gasteiger partial charge in [-0.3, -0.25) is 9.59 Å². The minimum atomic E-state index is -0.937. The van der Waals surface area contributed by atoms with Crippen LogP contribution in [0.4, 0.5) is 0 Å². The van der Waals surface area contributed by atoms with Crippen LogP contribution in [0.25, 0.3) is 11.4 Å². The average Bonchev–Trinajstić information content (AvgIpc) is 3.08. The van der Waals surface area contributed by atoms with Crippen molar-refractivity contribution in [1.82, 2.24) is 25.1 Å². The van der Waals surface area contributed by atoms with Gasteiger partial charge in [0.2, 0.25) is 11.7 Å². The van der Waals surface area contributed by atoms with Gasteiger partial charge in [0.25, 0.3) is 0 Å². The van der Waals surface area contributed by atoms with Gasteiger partial charge in [-0.25, -0.2) is 0 Å². The van der Waals surface area contributed by atoms with Crippen molar-refractivity contribution in [2.75, 3.05) is 13.6 Å². The molecule has 0 spiro atoms. The van der Waals surface area contributed by atoms with E-state index in [0.29, 0.717) is 5.82 Å². The lowest BCUT2D eigenvalue weighted by Crippen LogP contribution is -2.36. The third-order valence-corrected chi connectivity index (χ3v) is 3.59. The van der Waals surface area contributed by atoms with E-state index in [0.717, 1.165) is 5.56 Å². The van der Waals surface area contributed by atoms with Gasteiger partial charge >= 0.3 is 5.97 Å². The monoisotopic (exact) mass is 309 g/mol. The minimum Gasteiger partial charge on any atom is -0.481 e. The lowest BCUT2D eigenvalue weighted by Gasteiger charge is -2.18. The fraction of sp³-hybridized carbons (Fsp3) is 0.417. The molecule has 0 saturated carbocycles. The zero-order valence-corrected chi connectivity index (χ0v) is 12.4. The van der Waals surface area contributed by atoms with Crippen LogP contribution in [0.5, 0.6) is 0 Å². The van der Waals surface area contributed by atoms with Crippen LogP contribution in [0.3, 0.4) is 0 Å². The summed E-state index contributed by atoms with van der Waals surface area (Å²) in [7, 11) is 1.55. The molecule has 0 saturated heterocycles. The predicted octanol–water partition coefficient (Wildman–Crippen LogP) is 0.581. The number of carbonyl (C=O) groups is 2. The summed E-state index contributed by atoms with van der Waals surface area (Å²) in [5.74, 6) is -1.36. The lowest BCUT2D eigenvalue weighted by molar-refractivity contribution is -0.142. The van der Waals surface area contributed by atoms with Crippen molar-refractivity contribution in [3.05, 3.63) is 16.8 Å². The number of thiophene rings is 1. The Balaban J connectivity index is 1.95. The maximum atomic E-state index is 12.0. The molecule has 1 unspecified atom stereocenters. The third kappa shape index (κ3) is 3.85. The number of carboxylic acid groups (broad SMARTS) is 1. The van der Waals surface area contributed by atoms with Gasteiger partial charge in [0.1, 0.15) is 6.54 Å². The van der Waals surface area contributed by atoms with E-state index in [9.17, 15) is 9.59 Å². The maximum Gasteiger partial charge on any atom is 0.308 e. The second kappa shape index (κ2) is 6.44. The molecule has 8 nitrogen and oxygen atoms in total. The van der Waals surface area contributed by atoms with Gasteiger partial charge in [0.15, 0.2) is 0 Å². The molecule has 21 heavy (non-hydrogen) atoms. The SMILES string of the molecule is CC(CN(C)C(=O)Cn1nnc(-c2ccsc2)n1)C(=O)O. The van der Waals surface area contributed by atoms with E-state index in [1.165, 1.54) is 21.0 Å². The van der Waals surface area contributed by atoms with Crippen LogP contribution in [0.2, 0.25) is 0 Å². The number of rotatable bonds is 6. The molecule has 0 fully saturated rings. The lowest BCUT2D eigenvalue weighted by atomic mass is 10.2. The smallest absolute Gasteiger partial charge is 0.308 e. The Bertz CT molecular complexity index is 625. The van der Waals surface area contributed by atoms with Gasteiger partial charge in [0, 0.05) is 24.5 Å². The van der Waals surface area contributed by atoms with E-state index in [2.05, 4.69) is 15.4 Å². The molecule has 0 aliphatic rings. The Labute approximate surface area is 125 Å². The fourth-order valence-corrected chi connectivity index (χ4v) is 2.28. The average molecular weight is 309 g/mol. The number of aliphatic carboxylic acids is 1. The second-order valence-electron chi connectivity index (χ2n) is 4.67. The molecule has 0 aliphatic carbocycles. The third-order valence-electron chi connectivity index (χ3n) is 2.90. The Morgan fingerprint density at radius 2 is 2.29 bits per heavy atom.